The molecule has 3 aromatic rings. The van der Waals surface area contributed by atoms with E-state index >= 15 is 0 Å². The van der Waals surface area contributed by atoms with Crippen LogP contribution in [0.15, 0.2) is 24.5 Å². The highest BCUT2D eigenvalue weighted by Gasteiger charge is 2.32. The molecule has 1 saturated heterocycles. The van der Waals surface area contributed by atoms with Crippen molar-refractivity contribution in [2.75, 3.05) is 11.9 Å². The number of nitrogens with one attached hydrogen (secondary N) is 1. The van der Waals surface area contributed by atoms with E-state index < -0.39 is 5.82 Å². The van der Waals surface area contributed by atoms with E-state index in [1.807, 2.05) is 31.7 Å². The van der Waals surface area contributed by atoms with Crippen molar-refractivity contribution < 1.29 is 9.18 Å². The van der Waals surface area contributed by atoms with Crippen molar-refractivity contribution in [1.82, 2.24) is 19.9 Å². The largest absolute Gasteiger partial charge is 0.348 e. The lowest BCUT2D eigenvalue weighted by molar-refractivity contribution is 0.0498. The number of aryl methyl sites for hydroxylation is 1. The molecule has 8 heteroatoms. The maximum Gasteiger partial charge on any atom is 0.274 e. The van der Waals surface area contributed by atoms with Crippen LogP contribution in [0.4, 0.5) is 10.3 Å². The molecule has 0 spiro atoms. The summed E-state index contributed by atoms with van der Waals surface area (Å²) in [7, 11) is 0. The first kappa shape index (κ1) is 17.8. The molecule has 0 aliphatic carbocycles. The van der Waals surface area contributed by atoms with Crippen LogP contribution in [-0.4, -0.2) is 38.3 Å². The molecule has 2 atom stereocenters. The van der Waals surface area contributed by atoms with E-state index in [1.54, 1.807) is 6.20 Å². The van der Waals surface area contributed by atoms with E-state index in [1.165, 1.54) is 17.4 Å². The number of carbonyl (C=O) groups is 1. The number of thiophene rings is 1. The first-order valence-corrected chi connectivity index (χ1v) is 9.70. The Balaban J connectivity index is 1.70. The molecule has 3 aromatic heterocycles. The number of hydrogen-bond acceptors (Lipinski definition) is 6. The number of amides is 1. The number of carbonyl (C=O) groups excluding carboxylic acids is 1. The molecule has 1 N–H and O–H groups in total. The Kier molecular flexibility index (Phi) is 4.51. The summed E-state index contributed by atoms with van der Waals surface area (Å²) in [6.45, 7) is 6.66. The number of fused-ring (bicyclic) bond motifs is 1. The van der Waals surface area contributed by atoms with E-state index in [0.29, 0.717) is 17.2 Å². The quantitative estimate of drug-likeness (QED) is 0.737. The van der Waals surface area contributed by atoms with Gasteiger partial charge in [0.05, 0.1) is 22.5 Å². The normalized spacial score (nSPS) is 17.6. The highest BCUT2D eigenvalue weighted by molar-refractivity contribution is 7.19. The van der Waals surface area contributed by atoms with Gasteiger partial charge in [0.2, 0.25) is 5.95 Å². The molecule has 6 nitrogen and oxygen atoms in total. The van der Waals surface area contributed by atoms with E-state index in [2.05, 4.69) is 20.3 Å². The molecule has 1 aliphatic heterocycles. The number of rotatable bonds is 4. The first-order chi connectivity index (χ1) is 12.9. The fourth-order valence-corrected chi connectivity index (χ4v) is 4.09. The van der Waals surface area contributed by atoms with Crippen molar-refractivity contribution in [1.29, 1.82) is 0 Å². The van der Waals surface area contributed by atoms with Gasteiger partial charge in [-0.3, -0.25) is 9.78 Å². The Labute approximate surface area is 160 Å². The summed E-state index contributed by atoms with van der Waals surface area (Å²) in [5, 5.41) is 3.17. The molecule has 0 radical (unpaired) electrons. The summed E-state index contributed by atoms with van der Waals surface area (Å²) in [5.74, 6) is -0.103. The van der Waals surface area contributed by atoms with E-state index in [0.717, 1.165) is 34.3 Å². The second-order valence-corrected chi connectivity index (χ2v) is 8.16. The number of anilines is 1. The SMILES string of the molecule is Cc1cc2nc(NC(C)c3cncc(F)c3)nc(C(=O)N3CCC3C)c2s1. The minimum Gasteiger partial charge on any atom is -0.348 e. The van der Waals surface area contributed by atoms with Crippen LogP contribution in [0.2, 0.25) is 0 Å². The summed E-state index contributed by atoms with van der Waals surface area (Å²) in [4.78, 5) is 28.8. The zero-order chi connectivity index (χ0) is 19.1. The Morgan fingerprint density at radius 3 is 2.85 bits per heavy atom. The standard InChI is InChI=1S/C19H20FN5OS/c1-10-4-5-25(10)18(26)16-17-15(6-11(2)27-17)23-19(24-16)22-12(3)13-7-14(20)9-21-8-13/h6-10,12H,4-5H2,1-3H3,(H,22,23,24). The molecule has 0 bridgehead atoms. The third-order valence-corrected chi connectivity index (χ3v) is 5.90. The minimum atomic E-state index is -0.395. The number of halogens is 1. The van der Waals surface area contributed by atoms with Crippen molar-refractivity contribution >= 4 is 33.4 Å². The number of aromatic nitrogens is 3. The van der Waals surface area contributed by atoms with Crippen LogP contribution in [0.3, 0.4) is 0 Å². The fraction of sp³-hybridized carbons (Fsp3) is 0.368. The molecule has 0 aromatic carbocycles. The summed E-state index contributed by atoms with van der Waals surface area (Å²) < 4.78 is 14.3. The number of likely N-dealkylation sites (tertiary alicyclic amines) is 1. The van der Waals surface area contributed by atoms with Gasteiger partial charge >= 0.3 is 0 Å². The van der Waals surface area contributed by atoms with Crippen LogP contribution in [0, 0.1) is 12.7 Å². The van der Waals surface area contributed by atoms with Crippen molar-refractivity contribution in [2.45, 2.75) is 39.3 Å². The van der Waals surface area contributed by atoms with Crippen LogP contribution < -0.4 is 5.32 Å². The van der Waals surface area contributed by atoms with Crippen LogP contribution in [0.1, 0.15) is 47.2 Å². The van der Waals surface area contributed by atoms with E-state index in [-0.39, 0.29) is 18.0 Å². The van der Waals surface area contributed by atoms with Gasteiger partial charge in [-0.2, -0.15) is 0 Å². The Morgan fingerprint density at radius 1 is 1.37 bits per heavy atom. The molecule has 1 amide bonds. The molecule has 0 saturated carbocycles. The summed E-state index contributed by atoms with van der Waals surface area (Å²) in [6.07, 6.45) is 3.78. The second-order valence-electron chi connectivity index (χ2n) is 6.91. The van der Waals surface area contributed by atoms with Gasteiger partial charge < -0.3 is 10.2 Å². The van der Waals surface area contributed by atoms with Gasteiger partial charge in [-0.05, 0) is 44.9 Å². The molecule has 4 rings (SSSR count). The molecule has 140 valence electrons. The first-order valence-electron chi connectivity index (χ1n) is 8.88. The van der Waals surface area contributed by atoms with Gasteiger partial charge in [0.15, 0.2) is 5.69 Å². The average molecular weight is 385 g/mol. The maximum absolute atomic E-state index is 13.4. The topological polar surface area (TPSA) is 71.0 Å². The zero-order valence-electron chi connectivity index (χ0n) is 15.4. The van der Waals surface area contributed by atoms with Gasteiger partial charge in [-0.1, -0.05) is 0 Å². The van der Waals surface area contributed by atoms with Gasteiger partial charge in [0.1, 0.15) is 5.82 Å². The van der Waals surface area contributed by atoms with Gasteiger partial charge in [0.25, 0.3) is 5.91 Å². The number of hydrogen-bond donors (Lipinski definition) is 1. The molecule has 1 aliphatic rings. The van der Waals surface area contributed by atoms with Crippen LogP contribution >= 0.6 is 11.3 Å². The predicted molar refractivity (Wildman–Crippen MR) is 104 cm³/mol. The molecular formula is C19H20FN5OS. The van der Waals surface area contributed by atoms with Gasteiger partial charge in [-0.25, -0.2) is 14.4 Å². The van der Waals surface area contributed by atoms with Crippen LogP contribution in [0.25, 0.3) is 10.2 Å². The number of pyridine rings is 1. The van der Waals surface area contributed by atoms with Gasteiger partial charge in [-0.15, -0.1) is 11.3 Å². The minimum absolute atomic E-state index is 0.0638. The molecule has 2 unspecified atom stereocenters. The second kappa shape index (κ2) is 6.84. The highest BCUT2D eigenvalue weighted by Crippen LogP contribution is 2.30. The van der Waals surface area contributed by atoms with Crippen LogP contribution in [0.5, 0.6) is 0 Å². The number of nitrogens with zero attached hydrogens (tertiary/aromatic N) is 4. The third-order valence-electron chi connectivity index (χ3n) is 4.85. The van der Waals surface area contributed by atoms with Crippen molar-refractivity contribution in [3.8, 4) is 0 Å². The predicted octanol–water partition coefficient (Wildman–Crippen LogP) is 3.94. The third kappa shape index (κ3) is 3.37. The van der Waals surface area contributed by atoms with Gasteiger partial charge in [0, 0.05) is 23.7 Å². The lowest BCUT2D eigenvalue weighted by Gasteiger charge is -2.38. The van der Waals surface area contributed by atoms with Crippen LogP contribution in [-0.2, 0) is 0 Å². The highest BCUT2D eigenvalue weighted by atomic mass is 32.1. The fourth-order valence-electron chi connectivity index (χ4n) is 3.15. The van der Waals surface area contributed by atoms with Crippen molar-refractivity contribution in [3.05, 3.63) is 46.5 Å². The maximum atomic E-state index is 13.4. The molecular weight excluding hydrogens is 365 g/mol. The summed E-state index contributed by atoms with van der Waals surface area (Å²) in [5.41, 5.74) is 1.86. The lowest BCUT2D eigenvalue weighted by atomic mass is 10.0. The van der Waals surface area contributed by atoms with E-state index in [4.69, 9.17) is 0 Å². The average Bonchev–Trinajstić information content (AvgIpc) is 2.99. The summed E-state index contributed by atoms with van der Waals surface area (Å²) in [6, 6.07) is 3.36. The Morgan fingerprint density at radius 2 is 2.19 bits per heavy atom. The zero-order valence-corrected chi connectivity index (χ0v) is 16.2. The Bertz CT molecular complexity index is 1020. The molecule has 1 fully saturated rings. The lowest BCUT2D eigenvalue weighted by Crippen LogP contribution is -2.49. The summed E-state index contributed by atoms with van der Waals surface area (Å²) >= 11 is 1.53. The van der Waals surface area contributed by atoms with Crippen molar-refractivity contribution in [3.63, 3.8) is 0 Å². The van der Waals surface area contributed by atoms with Crippen molar-refractivity contribution in [2.24, 2.45) is 0 Å². The monoisotopic (exact) mass is 385 g/mol. The molecule has 27 heavy (non-hydrogen) atoms. The molecule has 4 heterocycles. The Hall–Kier alpha value is -2.61. The van der Waals surface area contributed by atoms with E-state index in [9.17, 15) is 9.18 Å². The smallest absolute Gasteiger partial charge is 0.274 e.